The van der Waals surface area contributed by atoms with E-state index in [-0.39, 0.29) is 58.4 Å². The number of methoxy groups -OCH3 is 1. The molecule has 4 aromatic rings. The Morgan fingerprint density at radius 3 is 2.47 bits per heavy atom. The summed E-state index contributed by atoms with van der Waals surface area (Å²) in [5.41, 5.74) is 3.29. The van der Waals surface area contributed by atoms with Crippen molar-refractivity contribution in [2.75, 3.05) is 20.3 Å². The summed E-state index contributed by atoms with van der Waals surface area (Å²) < 4.78 is 65.3. The molecule has 1 fully saturated rings. The van der Waals surface area contributed by atoms with Crippen molar-refractivity contribution in [1.29, 1.82) is 0 Å². The number of aliphatic hydroxyl groups is 1. The fourth-order valence-electron chi connectivity index (χ4n) is 6.44. The molecular weight excluding hydrogens is 620 g/mol. The number of ether oxygens (including phenoxy) is 2. The highest BCUT2D eigenvalue weighted by Crippen LogP contribution is 2.48. The van der Waals surface area contributed by atoms with Gasteiger partial charge in [0, 0.05) is 28.3 Å². The van der Waals surface area contributed by atoms with Crippen molar-refractivity contribution in [3.8, 4) is 22.8 Å². The van der Waals surface area contributed by atoms with E-state index in [1.807, 2.05) is 0 Å². The Bertz CT molecular complexity index is 1880. The molecule has 0 unspecified atom stereocenters. The predicted octanol–water partition coefficient (Wildman–Crippen LogP) is 5.41. The molecule has 246 valence electrons. The van der Waals surface area contributed by atoms with Crippen molar-refractivity contribution in [3.05, 3.63) is 82.9 Å². The number of hydrogen-bond donors (Lipinski definition) is 3. The van der Waals surface area contributed by atoms with Gasteiger partial charge in [-0.05, 0) is 74.2 Å². The number of benzene rings is 2. The molecular formula is C34H32F4N4O5. The molecule has 1 aliphatic heterocycles. The smallest absolute Gasteiger partial charge is 0.417 e. The monoisotopic (exact) mass is 652 g/mol. The second-order valence-electron chi connectivity index (χ2n) is 12.3. The van der Waals surface area contributed by atoms with Crippen molar-refractivity contribution in [1.82, 2.24) is 15.3 Å². The van der Waals surface area contributed by atoms with Gasteiger partial charge in [-0.15, -0.1) is 0 Å². The highest BCUT2D eigenvalue weighted by Gasteiger charge is 2.47. The van der Waals surface area contributed by atoms with Crippen LogP contribution in [-0.4, -0.2) is 47.2 Å². The molecule has 9 nitrogen and oxygen atoms in total. The number of nitrogens with one attached hydrogen (secondary N) is 1. The van der Waals surface area contributed by atoms with E-state index in [2.05, 4.69) is 10.3 Å². The number of alkyl halides is 3. The number of nitrogens with zero attached hydrogens (tertiary/aromatic N) is 2. The minimum absolute atomic E-state index is 0.00661. The van der Waals surface area contributed by atoms with Gasteiger partial charge in [0.25, 0.3) is 5.91 Å². The van der Waals surface area contributed by atoms with Crippen LogP contribution in [0.1, 0.15) is 59.8 Å². The molecule has 13 heteroatoms. The van der Waals surface area contributed by atoms with Crippen LogP contribution in [0.15, 0.2) is 54.7 Å². The highest BCUT2D eigenvalue weighted by molar-refractivity contribution is 6.00. The molecule has 2 aromatic heterocycles. The molecule has 1 saturated carbocycles. The van der Waals surface area contributed by atoms with Crippen LogP contribution in [0.25, 0.3) is 22.2 Å². The molecule has 2 aliphatic rings. The van der Waals surface area contributed by atoms with Crippen LogP contribution >= 0.6 is 0 Å². The largest absolute Gasteiger partial charge is 0.494 e. The number of hydrogen-bond acceptors (Lipinski definition) is 7. The zero-order valence-electron chi connectivity index (χ0n) is 25.6. The molecule has 2 atom stereocenters. The lowest BCUT2D eigenvalue weighted by molar-refractivity contribution is -0.137. The first-order valence-electron chi connectivity index (χ1n) is 15.0. The van der Waals surface area contributed by atoms with E-state index in [1.165, 1.54) is 43.5 Å². The fraction of sp³-hybridized carbons (Fsp3) is 0.353. The zero-order valence-corrected chi connectivity index (χ0v) is 25.6. The van der Waals surface area contributed by atoms with E-state index in [0.717, 1.165) is 18.9 Å². The van der Waals surface area contributed by atoms with Crippen LogP contribution < -0.4 is 20.5 Å². The van der Waals surface area contributed by atoms with Gasteiger partial charge in [-0.2, -0.15) is 13.2 Å². The van der Waals surface area contributed by atoms with Gasteiger partial charge >= 0.3 is 6.18 Å². The molecule has 1 aliphatic carbocycles. The first-order valence-corrected chi connectivity index (χ1v) is 15.0. The number of nitrogens with two attached hydrogens (primary N) is 1. The third-order valence-corrected chi connectivity index (χ3v) is 9.28. The quantitative estimate of drug-likeness (QED) is 0.217. The summed E-state index contributed by atoms with van der Waals surface area (Å²) in [6.07, 6.45) is -1.04. The van der Waals surface area contributed by atoms with Crippen LogP contribution in [0.2, 0.25) is 0 Å². The Morgan fingerprint density at radius 1 is 1.13 bits per heavy atom. The minimum atomic E-state index is -4.64. The highest BCUT2D eigenvalue weighted by atomic mass is 19.4. The lowest BCUT2D eigenvalue weighted by atomic mass is 9.78. The van der Waals surface area contributed by atoms with Gasteiger partial charge in [0.15, 0.2) is 0 Å². The van der Waals surface area contributed by atoms with Gasteiger partial charge in [-0.1, -0.05) is 12.8 Å². The third-order valence-electron chi connectivity index (χ3n) is 9.28. The van der Waals surface area contributed by atoms with E-state index in [1.54, 1.807) is 13.0 Å². The lowest BCUT2D eigenvalue weighted by Gasteiger charge is -2.35. The van der Waals surface area contributed by atoms with Crippen molar-refractivity contribution in [2.24, 2.45) is 11.7 Å². The topological polar surface area (TPSA) is 137 Å². The van der Waals surface area contributed by atoms with Gasteiger partial charge in [0.05, 0.1) is 24.9 Å². The Balaban J connectivity index is 1.41. The molecule has 0 spiro atoms. The molecule has 0 bridgehead atoms. The van der Waals surface area contributed by atoms with Crippen molar-refractivity contribution in [2.45, 2.75) is 49.8 Å². The predicted molar refractivity (Wildman–Crippen MR) is 163 cm³/mol. The van der Waals surface area contributed by atoms with Crippen LogP contribution in [-0.2, 0) is 22.0 Å². The Hall–Kier alpha value is -4.78. The van der Waals surface area contributed by atoms with Crippen molar-refractivity contribution in [3.63, 3.8) is 0 Å². The second kappa shape index (κ2) is 11.8. The van der Waals surface area contributed by atoms with E-state index < -0.39 is 40.4 Å². The Morgan fingerprint density at radius 2 is 1.83 bits per heavy atom. The number of carbonyl (C=O) groups is 2. The van der Waals surface area contributed by atoms with E-state index in [4.69, 9.17) is 20.2 Å². The normalized spacial score (nSPS) is 19.2. The number of carbonyl (C=O) groups excluding carboxylic acids is 2. The summed E-state index contributed by atoms with van der Waals surface area (Å²) in [5.74, 6) is -1.75. The average Bonchev–Trinajstić information content (AvgIpc) is 3.72. The van der Waals surface area contributed by atoms with E-state index in [0.29, 0.717) is 30.2 Å². The summed E-state index contributed by atoms with van der Waals surface area (Å²) >= 11 is 0. The van der Waals surface area contributed by atoms with E-state index >= 15 is 0 Å². The first kappa shape index (κ1) is 32.2. The van der Waals surface area contributed by atoms with Crippen LogP contribution in [0.5, 0.6) is 11.5 Å². The summed E-state index contributed by atoms with van der Waals surface area (Å²) in [6.45, 7) is 1.24. The van der Waals surface area contributed by atoms with Gasteiger partial charge < -0.3 is 25.6 Å². The number of halogens is 4. The number of aromatic nitrogens is 2. The zero-order chi connectivity index (χ0) is 33.7. The molecule has 0 radical (unpaired) electrons. The summed E-state index contributed by atoms with van der Waals surface area (Å²) in [5, 5.41) is 15.3. The van der Waals surface area contributed by atoms with Gasteiger partial charge in [0.2, 0.25) is 5.91 Å². The SMILES string of the molecule is COc1cc(C(=O)NC[C@](O)(c2cc3c(c(-c4ccc(F)cc4)n2)OC[C@]3(C)C(N)=O)C2CCCC2)cc2cc(C(F)(F)F)cnc12. The van der Waals surface area contributed by atoms with Crippen molar-refractivity contribution < 1.29 is 41.7 Å². The summed E-state index contributed by atoms with van der Waals surface area (Å²) in [4.78, 5) is 34.9. The average molecular weight is 653 g/mol. The minimum Gasteiger partial charge on any atom is -0.494 e. The number of amides is 2. The molecule has 6 rings (SSSR count). The summed E-state index contributed by atoms with van der Waals surface area (Å²) in [7, 11) is 1.32. The molecule has 2 aromatic carbocycles. The Kier molecular flexibility index (Phi) is 8.07. The fourth-order valence-corrected chi connectivity index (χ4v) is 6.44. The first-order chi connectivity index (χ1) is 22.2. The number of rotatable bonds is 8. The van der Waals surface area contributed by atoms with Gasteiger partial charge in [-0.25, -0.2) is 9.37 Å². The van der Waals surface area contributed by atoms with Crippen LogP contribution in [0.3, 0.4) is 0 Å². The van der Waals surface area contributed by atoms with E-state index in [9.17, 15) is 32.3 Å². The van der Waals surface area contributed by atoms with Crippen LogP contribution in [0.4, 0.5) is 17.6 Å². The lowest BCUT2D eigenvalue weighted by Crippen LogP contribution is -2.46. The molecule has 3 heterocycles. The number of pyridine rings is 2. The van der Waals surface area contributed by atoms with Crippen LogP contribution in [0, 0.1) is 11.7 Å². The molecule has 2 amide bonds. The second-order valence-corrected chi connectivity index (χ2v) is 12.3. The van der Waals surface area contributed by atoms with Gasteiger partial charge in [-0.3, -0.25) is 14.6 Å². The maximum atomic E-state index is 13.8. The third kappa shape index (κ3) is 5.73. The standard InChI is InChI=1S/C34H32F4N4O5/c1-32(31(39)44)17-47-29-24(32)14-26(42-28(29)18-7-9-23(35)10-8-18)33(45,21-5-3-4-6-21)16-41-30(43)20-11-19-12-22(34(36,37)38)15-40-27(19)25(13-20)46-2/h7-15,21,45H,3-6,16-17H2,1-2H3,(H2,39,44)(H,41,43)/t32-,33+/m0/s1. The maximum absolute atomic E-state index is 13.8. The maximum Gasteiger partial charge on any atom is 0.417 e. The Labute approximate surface area is 267 Å². The molecule has 4 N–H and O–H groups in total. The van der Waals surface area contributed by atoms with Crippen molar-refractivity contribution >= 4 is 22.7 Å². The summed E-state index contributed by atoms with van der Waals surface area (Å²) in [6, 6.07) is 10.6. The molecule has 47 heavy (non-hydrogen) atoms. The van der Waals surface area contributed by atoms with Gasteiger partial charge in [0.1, 0.15) is 46.1 Å². The molecule has 0 saturated heterocycles. The number of primary amides is 1. The number of fused-ring (bicyclic) bond motifs is 2.